The van der Waals surface area contributed by atoms with Crippen LogP contribution in [0.4, 0.5) is 0 Å². The number of benzene rings is 2. The minimum atomic E-state index is 0.516. The highest BCUT2D eigenvalue weighted by atomic mass is 32.2. The molecule has 2 aromatic carbocycles. The van der Waals surface area contributed by atoms with Crippen LogP contribution in [-0.4, -0.2) is 18.3 Å². The van der Waals surface area contributed by atoms with Gasteiger partial charge in [0.1, 0.15) is 0 Å². The molecule has 0 aliphatic rings. The zero-order valence-corrected chi connectivity index (χ0v) is 14.0. The molecule has 0 saturated heterocycles. The highest BCUT2D eigenvalue weighted by Gasteiger charge is 2.10. The largest absolute Gasteiger partial charge is 0.313 e. The number of hydrogen-bond acceptors (Lipinski definition) is 2. The van der Waals surface area contributed by atoms with E-state index in [0.29, 0.717) is 6.04 Å². The van der Waals surface area contributed by atoms with Crippen molar-refractivity contribution in [1.29, 1.82) is 0 Å². The van der Waals surface area contributed by atoms with Crippen LogP contribution in [0.1, 0.15) is 23.6 Å². The first-order valence-corrected chi connectivity index (χ1v) is 8.65. The van der Waals surface area contributed by atoms with Gasteiger partial charge in [0, 0.05) is 16.7 Å². The summed E-state index contributed by atoms with van der Waals surface area (Å²) in [5.41, 5.74) is 4.11. The normalized spacial score (nSPS) is 12.3. The molecule has 0 fully saturated rings. The van der Waals surface area contributed by atoms with E-state index >= 15 is 0 Å². The first kappa shape index (κ1) is 16.1. The van der Waals surface area contributed by atoms with E-state index in [1.807, 2.05) is 11.8 Å². The Balaban J connectivity index is 1.95. The predicted octanol–water partition coefficient (Wildman–Crippen LogP) is 4.62. The van der Waals surface area contributed by atoms with Gasteiger partial charge in [-0.2, -0.15) is 0 Å². The summed E-state index contributed by atoms with van der Waals surface area (Å²) in [4.78, 5) is 1.39. The molecule has 1 atom stereocenters. The summed E-state index contributed by atoms with van der Waals surface area (Å²) in [7, 11) is 0. The van der Waals surface area contributed by atoms with Crippen molar-refractivity contribution in [1.82, 2.24) is 5.32 Å². The zero-order chi connectivity index (χ0) is 15.1. The molecule has 2 aromatic rings. The van der Waals surface area contributed by atoms with Gasteiger partial charge < -0.3 is 5.32 Å². The highest BCUT2D eigenvalue weighted by Crippen LogP contribution is 2.23. The molecule has 1 unspecified atom stereocenters. The number of aryl methyl sites for hydroxylation is 2. The molecule has 1 nitrogen and oxygen atoms in total. The van der Waals surface area contributed by atoms with Crippen molar-refractivity contribution in [2.45, 2.75) is 38.1 Å². The van der Waals surface area contributed by atoms with Crippen LogP contribution in [0.25, 0.3) is 0 Å². The minimum absolute atomic E-state index is 0.516. The fraction of sp³-hybridized carbons (Fsp3) is 0.368. The van der Waals surface area contributed by atoms with Crippen LogP contribution in [0.15, 0.2) is 53.4 Å². The van der Waals surface area contributed by atoms with Crippen molar-refractivity contribution in [3.63, 3.8) is 0 Å². The van der Waals surface area contributed by atoms with Crippen LogP contribution in [0.3, 0.4) is 0 Å². The fourth-order valence-corrected chi connectivity index (χ4v) is 3.48. The summed E-state index contributed by atoms with van der Waals surface area (Å²) < 4.78 is 0. The highest BCUT2D eigenvalue weighted by molar-refractivity contribution is 7.99. The monoisotopic (exact) mass is 299 g/mol. The number of rotatable bonds is 7. The topological polar surface area (TPSA) is 12.0 Å². The fourth-order valence-electron chi connectivity index (χ4n) is 2.40. The molecule has 0 spiro atoms. The van der Waals surface area contributed by atoms with Crippen molar-refractivity contribution < 1.29 is 0 Å². The van der Waals surface area contributed by atoms with Crippen molar-refractivity contribution in [2.24, 2.45) is 0 Å². The molecule has 0 bridgehead atoms. The van der Waals surface area contributed by atoms with Crippen molar-refractivity contribution in [3.05, 3.63) is 65.2 Å². The Labute approximate surface area is 133 Å². The third-order valence-electron chi connectivity index (χ3n) is 3.63. The lowest BCUT2D eigenvalue weighted by molar-refractivity contribution is 0.572. The van der Waals surface area contributed by atoms with E-state index < -0.39 is 0 Å². The van der Waals surface area contributed by atoms with E-state index in [0.717, 1.165) is 18.7 Å². The minimum Gasteiger partial charge on any atom is -0.313 e. The van der Waals surface area contributed by atoms with Crippen molar-refractivity contribution in [2.75, 3.05) is 12.3 Å². The smallest absolute Gasteiger partial charge is 0.0201 e. The zero-order valence-electron chi connectivity index (χ0n) is 13.2. The molecule has 21 heavy (non-hydrogen) atoms. The lowest BCUT2D eigenvalue weighted by Gasteiger charge is -2.18. The van der Waals surface area contributed by atoms with E-state index in [9.17, 15) is 0 Å². The van der Waals surface area contributed by atoms with Gasteiger partial charge in [-0.1, -0.05) is 55.0 Å². The van der Waals surface area contributed by atoms with E-state index in [2.05, 4.69) is 74.6 Å². The van der Waals surface area contributed by atoms with E-state index in [4.69, 9.17) is 0 Å². The first-order valence-electron chi connectivity index (χ1n) is 7.66. The van der Waals surface area contributed by atoms with Gasteiger partial charge in [-0.25, -0.2) is 0 Å². The van der Waals surface area contributed by atoms with Crippen LogP contribution >= 0.6 is 11.8 Å². The quantitative estimate of drug-likeness (QED) is 0.749. The molecule has 0 aromatic heterocycles. The predicted molar refractivity (Wildman–Crippen MR) is 94.3 cm³/mol. The third-order valence-corrected chi connectivity index (χ3v) is 4.97. The Hall–Kier alpha value is -1.25. The SMILES string of the molecule is CCNC(CSc1ccccc1C)Cc1ccc(C)cc1. The van der Waals surface area contributed by atoms with Gasteiger partial charge in [-0.05, 0) is 44.0 Å². The molecule has 0 aliphatic heterocycles. The molecule has 0 amide bonds. The average Bonchev–Trinajstić information content (AvgIpc) is 2.49. The van der Waals surface area contributed by atoms with Crippen molar-refractivity contribution >= 4 is 11.8 Å². The number of likely N-dealkylation sites (N-methyl/N-ethyl adjacent to an activating group) is 1. The van der Waals surface area contributed by atoms with Gasteiger partial charge in [0.2, 0.25) is 0 Å². The van der Waals surface area contributed by atoms with E-state index in [1.165, 1.54) is 21.6 Å². The molecule has 112 valence electrons. The molecule has 0 radical (unpaired) electrons. The summed E-state index contributed by atoms with van der Waals surface area (Å²) in [6, 6.07) is 18.0. The summed E-state index contributed by atoms with van der Waals surface area (Å²) in [6.45, 7) is 7.52. The first-order chi connectivity index (χ1) is 10.2. The Morgan fingerprint density at radius 3 is 2.38 bits per heavy atom. The number of thioether (sulfide) groups is 1. The van der Waals surface area contributed by atoms with Crippen LogP contribution in [-0.2, 0) is 6.42 Å². The lowest BCUT2D eigenvalue weighted by Crippen LogP contribution is -2.33. The van der Waals surface area contributed by atoms with E-state index in [-0.39, 0.29) is 0 Å². The molecular weight excluding hydrogens is 274 g/mol. The second-order valence-electron chi connectivity index (χ2n) is 5.52. The summed E-state index contributed by atoms with van der Waals surface area (Å²) >= 11 is 1.95. The molecule has 2 rings (SSSR count). The molecule has 2 heteroatoms. The second kappa shape index (κ2) is 8.26. The van der Waals surface area contributed by atoms with Gasteiger partial charge in [-0.15, -0.1) is 11.8 Å². The van der Waals surface area contributed by atoms with Crippen LogP contribution in [0.5, 0.6) is 0 Å². The maximum atomic E-state index is 3.61. The lowest BCUT2D eigenvalue weighted by atomic mass is 10.1. The Kier molecular flexibility index (Phi) is 6.34. The molecule has 0 aliphatic carbocycles. The molecule has 0 heterocycles. The van der Waals surface area contributed by atoms with Gasteiger partial charge in [0.15, 0.2) is 0 Å². The van der Waals surface area contributed by atoms with Gasteiger partial charge in [-0.3, -0.25) is 0 Å². The van der Waals surface area contributed by atoms with Crippen molar-refractivity contribution in [3.8, 4) is 0 Å². The molecule has 0 saturated carbocycles. The molecule has 1 N–H and O–H groups in total. The standard InChI is InChI=1S/C19H25NS/c1-4-20-18(13-17-11-9-15(2)10-12-17)14-21-19-8-6-5-7-16(19)3/h5-12,18,20H,4,13-14H2,1-3H3. The molecular formula is C19H25NS. The Morgan fingerprint density at radius 2 is 1.71 bits per heavy atom. The Bertz CT molecular complexity index is 548. The summed E-state index contributed by atoms with van der Waals surface area (Å²) in [5.74, 6) is 1.10. The van der Waals surface area contributed by atoms with Gasteiger partial charge >= 0.3 is 0 Å². The van der Waals surface area contributed by atoms with Gasteiger partial charge in [0.25, 0.3) is 0 Å². The van der Waals surface area contributed by atoms with Crippen LogP contribution < -0.4 is 5.32 Å². The van der Waals surface area contributed by atoms with E-state index in [1.54, 1.807) is 0 Å². The third kappa shape index (κ3) is 5.22. The number of nitrogens with one attached hydrogen (secondary N) is 1. The summed E-state index contributed by atoms with van der Waals surface area (Å²) in [6.07, 6.45) is 1.09. The number of hydrogen-bond donors (Lipinski definition) is 1. The maximum Gasteiger partial charge on any atom is 0.0201 e. The summed E-state index contributed by atoms with van der Waals surface area (Å²) in [5, 5.41) is 3.61. The average molecular weight is 299 g/mol. The van der Waals surface area contributed by atoms with Gasteiger partial charge in [0.05, 0.1) is 0 Å². The second-order valence-corrected chi connectivity index (χ2v) is 6.58. The Morgan fingerprint density at radius 1 is 1.00 bits per heavy atom. The van der Waals surface area contributed by atoms with Crippen LogP contribution in [0.2, 0.25) is 0 Å². The van der Waals surface area contributed by atoms with Crippen LogP contribution in [0, 0.1) is 13.8 Å². The maximum absolute atomic E-state index is 3.61.